The van der Waals surface area contributed by atoms with Crippen LogP contribution in [-0.2, 0) is 24.3 Å². The van der Waals surface area contributed by atoms with E-state index in [1.54, 1.807) is 36.1 Å². The predicted molar refractivity (Wildman–Crippen MR) is 165 cm³/mol. The van der Waals surface area contributed by atoms with Crippen LogP contribution in [0.4, 0.5) is 18.3 Å². The second kappa shape index (κ2) is 12.1. The van der Waals surface area contributed by atoms with E-state index in [9.17, 15) is 22.8 Å². The van der Waals surface area contributed by atoms with Gasteiger partial charge in [-0.15, -0.1) is 11.3 Å². The summed E-state index contributed by atoms with van der Waals surface area (Å²) >= 11 is 1.24. The molecule has 234 valence electrons. The molecule has 0 saturated carbocycles. The number of likely N-dealkylation sites (tertiary alicyclic amines) is 1. The van der Waals surface area contributed by atoms with Crippen molar-refractivity contribution in [2.24, 2.45) is 0 Å². The van der Waals surface area contributed by atoms with Crippen molar-refractivity contribution in [3.8, 4) is 11.1 Å². The van der Waals surface area contributed by atoms with E-state index in [0.717, 1.165) is 37.3 Å². The number of halogens is 3. The molecule has 45 heavy (non-hydrogen) atoms. The number of alkyl halides is 3. The van der Waals surface area contributed by atoms with Gasteiger partial charge in [0, 0.05) is 53.9 Å². The molecule has 7 rings (SSSR count). The van der Waals surface area contributed by atoms with Gasteiger partial charge in [-0.3, -0.25) is 14.9 Å². The molecule has 1 saturated heterocycles. The van der Waals surface area contributed by atoms with Crippen LogP contribution in [-0.4, -0.2) is 62.0 Å². The number of hydrogen-bond acceptors (Lipinski definition) is 6. The molecule has 0 radical (unpaired) electrons. The summed E-state index contributed by atoms with van der Waals surface area (Å²) in [6.45, 7) is 4.68. The van der Waals surface area contributed by atoms with Crippen molar-refractivity contribution >= 4 is 28.3 Å². The van der Waals surface area contributed by atoms with Crippen LogP contribution in [0.3, 0.4) is 0 Å². The highest BCUT2D eigenvalue weighted by Crippen LogP contribution is 2.41. The van der Waals surface area contributed by atoms with Crippen LogP contribution in [0.15, 0.2) is 54.3 Å². The van der Waals surface area contributed by atoms with Gasteiger partial charge in [-0.1, -0.05) is 31.2 Å². The van der Waals surface area contributed by atoms with Gasteiger partial charge < -0.3 is 14.4 Å². The Bertz CT molecular complexity index is 1720. The number of nitrogens with zero attached hydrogens (tertiary/aromatic N) is 5. The van der Waals surface area contributed by atoms with Crippen molar-refractivity contribution in [2.45, 2.75) is 63.8 Å². The van der Waals surface area contributed by atoms with Crippen LogP contribution < -0.4 is 5.32 Å². The summed E-state index contributed by atoms with van der Waals surface area (Å²) in [5, 5.41) is 4.89. The van der Waals surface area contributed by atoms with Crippen LogP contribution in [0.2, 0.25) is 0 Å². The Morgan fingerprint density at radius 1 is 1.13 bits per heavy atom. The van der Waals surface area contributed by atoms with Gasteiger partial charge in [0.1, 0.15) is 6.17 Å². The van der Waals surface area contributed by atoms with E-state index in [4.69, 9.17) is 0 Å². The first kappa shape index (κ1) is 29.7. The highest BCUT2D eigenvalue weighted by Gasteiger charge is 2.42. The van der Waals surface area contributed by atoms with Crippen molar-refractivity contribution in [1.29, 1.82) is 0 Å². The number of amides is 2. The Hall–Kier alpha value is -4.03. The summed E-state index contributed by atoms with van der Waals surface area (Å²) in [5.74, 6) is -1.22. The molecule has 2 aromatic carbocycles. The first-order valence-electron chi connectivity index (χ1n) is 15.3. The number of hydrogen-bond donors (Lipinski definition) is 1. The normalized spacial score (nSPS) is 20.5. The van der Waals surface area contributed by atoms with E-state index in [2.05, 4.69) is 20.2 Å². The molecule has 1 fully saturated rings. The van der Waals surface area contributed by atoms with E-state index in [0.29, 0.717) is 41.3 Å². The van der Waals surface area contributed by atoms with Crippen molar-refractivity contribution in [3.05, 3.63) is 87.9 Å². The summed E-state index contributed by atoms with van der Waals surface area (Å²) in [7, 11) is 0. The third kappa shape index (κ3) is 5.43. The number of imidazole rings is 1. The zero-order chi connectivity index (χ0) is 31.2. The highest BCUT2D eigenvalue weighted by atomic mass is 32.1. The van der Waals surface area contributed by atoms with E-state index < -0.39 is 30.5 Å². The molecule has 0 spiro atoms. The fourth-order valence-electron chi connectivity index (χ4n) is 6.99. The smallest absolute Gasteiger partial charge is 0.264 e. The number of carbonyl (C=O) groups is 2. The Morgan fingerprint density at radius 2 is 1.96 bits per heavy atom. The molecule has 4 aromatic rings. The van der Waals surface area contributed by atoms with Gasteiger partial charge >= 0.3 is 0 Å². The van der Waals surface area contributed by atoms with Gasteiger partial charge in [-0.05, 0) is 66.7 Å². The van der Waals surface area contributed by atoms with Crippen LogP contribution >= 0.6 is 11.3 Å². The summed E-state index contributed by atoms with van der Waals surface area (Å²) < 4.78 is 46.1. The quantitative estimate of drug-likeness (QED) is 0.244. The second-order valence-electron chi connectivity index (χ2n) is 11.9. The summed E-state index contributed by atoms with van der Waals surface area (Å²) in [4.78, 5) is 39.9. The fraction of sp³-hybridized carbons (Fsp3) is 0.394. The summed E-state index contributed by atoms with van der Waals surface area (Å²) in [6.07, 6.45) is 1.73. The monoisotopic (exact) mass is 634 g/mol. The molecule has 0 aliphatic carbocycles. The van der Waals surface area contributed by atoms with Crippen molar-refractivity contribution in [3.63, 3.8) is 0 Å². The van der Waals surface area contributed by atoms with E-state index in [-0.39, 0.29) is 29.2 Å². The number of rotatable bonds is 8. The second-order valence-corrected chi connectivity index (χ2v) is 12.7. The molecular formula is C33H33F3N6O2S. The molecule has 1 unspecified atom stereocenters. The lowest BCUT2D eigenvalue weighted by Gasteiger charge is -2.34. The topological polar surface area (TPSA) is 83.4 Å². The molecule has 3 atom stereocenters. The number of thiazole rings is 1. The maximum Gasteiger partial charge on any atom is 0.264 e. The van der Waals surface area contributed by atoms with Crippen LogP contribution in [0.1, 0.15) is 76.6 Å². The Labute approximate surface area is 262 Å². The lowest BCUT2D eigenvalue weighted by atomic mass is 9.86. The van der Waals surface area contributed by atoms with E-state index in [1.807, 2.05) is 23.6 Å². The Morgan fingerprint density at radius 3 is 2.67 bits per heavy atom. The molecule has 8 nitrogen and oxygen atoms in total. The van der Waals surface area contributed by atoms with Crippen LogP contribution in [0, 0.1) is 0 Å². The third-order valence-electron chi connectivity index (χ3n) is 9.36. The summed E-state index contributed by atoms with van der Waals surface area (Å²) in [5.41, 5.74) is 3.42. The number of benzene rings is 2. The van der Waals surface area contributed by atoms with Crippen molar-refractivity contribution in [2.75, 3.05) is 25.0 Å². The van der Waals surface area contributed by atoms with E-state index in [1.165, 1.54) is 22.3 Å². The number of nitrogens with one attached hydrogen (secondary N) is 1. The molecule has 5 heterocycles. The predicted octanol–water partition coefficient (Wildman–Crippen LogP) is 6.37. The SMILES string of the molecule is CCN1CC[C@H](c2ccc(-c3cc4c(c(C(F)F)c3)CN(C(C(=O)Nc3nccs3)c3ncn5c3CCC5)C4=O)cc2)[C@@H](F)C1. The average molecular weight is 635 g/mol. The first-order valence-corrected chi connectivity index (χ1v) is 16.2. The van der Waals surface area contributed by atoms with Gasteiger partial charge in [0.25, 0.3) is 18.2 Å². The van der Waals surface area contributed by atoms with Crippen molar-refractivity contribution < 1.29 is 22.8 Å². The lowest BCUT2D eigenvalue weighted by Crippen LogP contribution is -2.40. The standard InChI is InChI=1S/C33H33F3N6O2S/c1-2-40-12-9-22(26(34)17-40)20-7-5-19(6-8-20)21-14-23(30(35)36)25-16-42(32(44)24(25)15-21)29(31(43)39-33-37-10-13-45-33)28-27-4-3-11-41(27)18-38-28/h5-8,10,13-15,18,22,26,29-30H,2-4,9,11-12,16-17H2,1H3,(H,37,39,43)/t22-,26+,29?/m1/s1. The molecule has 3 aliphatic rings. The van der Waals surface area contributed by atoms with Crippen molar-refractivity contribution in [1.82, 2.24) is 24.3 Å². The lowest BCUT2D eigenvalue weighted by molar-refractivity contribution is -0.121. The number of anilines is 1. The van der Waals surface area contributed by atoms with Crippen LogP contribution in [0.5, 0.6) is 0 Å². The molecular weight excluding hydrogens is 601 g/mol. The minimum Gasteiger partial charge on any atom is -0.334 e. The number of aromatic nitrogens is 3. The first-order chi connectivity index (χ1) is 21.8. The molecule has 1 N–H and O–H groups in total. The van der Waals surface area contributed by atoms with Crippen LogP contribution in [0.25, 0.3) is 11.1 Å². The highest BCUT2D eigenvalue weighted by molar-refractivity contribution is 7.13. The minimum atomic E-state index is -2.83. The Balaban J connectivity index is 1.21. The zero-order valence-corrected chi connectivity index (χ0v) is 25.6. The van der Waals surface area contributed by atoms with Gasteiger partial charge in [-0.2, -0.15) is 0 Å². The fourth-order valence-corrected chi connectivity index (χ4v) is 7.52. The largest absolute Gasteiger partial charge is 0.334 e. The molecule has 2 amide bonds. The summed E-state index contributed by atoms with van der Waals surface area (Å²) in [6, 6.07) is 9.26. The number of aryl methyl sites for hydroxylation is 1. The minimum absolute atomic E-state index is 0.144. The molecule has 12 heteroatoms. The van der Waals surface area contributed by atoms with Gasteiger partial charge in [0.05, 0.1) is 12.0 Å². The maximum absolute atomic E-state index is 15.0. The number of piperidine rings is 1. The molecule has 2 aromatic heterocycles. The number of carbonyl (C=O) groups excluding carboxylic acids is 2. The number of fused-ring (bicyclic) bond motifs is 2. The van der Waals surface area contributed by atoms with Gasteiger partial charge in [0.2, 0.25) is 0 Å². The Kier molecular flexibility index (Phi) is 7.95. The third-order valence-corrected chi connectivity index (χ3v) is 10.0. The molecule has 3 aliphatic heterocycles. The maximum atomic E-state index is 15.0. The van der Waals surface area contributed by atoms with E-state index >= 15 is 0 Å². The molecule has 0 bridgehead atoms. The average Bonchev–Trinajstić information content (AvgIpc) is 3.85. The van der Waals surface area contributed by atoms with Gasteiger partial charge in [0.15, 0.2) is 11.2 Å². The van der Waals surface area contributed by atoms with Gasteiger partial charge in [-0.25, -0.2) is 23.1 Å². The zero-order valence-electron chi connectivity index (χ0n) is 24.8.